The first kappa shape index (κ1) is 23.5. The molecule has 1 aromatic rings. The van der Waals surface area contributed by atoms with Gasteiger partial charge in [0.1, 0.15) is 11.9 Å². The number of fused-ring (bicyclic) bond motifs is 1. The van der Waals surface area contributed by atoms with Crippen LogP contribution < -0.4 is 15.4 Å². The average molecular weight is 432 g/mol. The van der Waals surface area contributed by atoms with E-state index in [1.54, 1.807) is 4.90 Å². The fourth-order valence-electron chi connectivity index (χ4n) is 4.56. The van der Waals surface area contributed by atoms with Gasteiger partial charge in [0, 0.05) is 36.2 Å². The van der Waals surface area contributed by atoms with Crippen LogP contribution in [0.25, 0.3) is 0 Å². The lowest BCUT2D eigenvalue weighted by Gasteiger charge is -2.32. The highest BCUT2D eigenvalue weighted by Gasteiger charge is 2.30. The van der Waals surface area contributed by atoms with E-state index >= 15 is 0 Å². The van der Waals surface area contributed by atoms with Gasteiger partial charge in [0.05, 0.1) is 19.1 Å². The van der Waals surface area contributed by atoms with Gasteiger partial charge in [0.25, 0.3) is 0 Å². The maximum atomic E-state index is 13.1. The Bertz CT molecular complexity index is 763. The van der Waals surface area contributed by atoms with Crippen LogP contribution in [0, 0.1) is 11.8 Å². The topological polar surface area (TPSA) is 90.9 Å². The molecule has 0 saturated heterocycles. The van der Waals surface area contributed by atoms with Crippen molar-refractivity contribution >= 4 is 17.5 Å². The van der Waals surface area contributed by atoms with Crippen molar-refractivity contribution in [2.45, 2.75) is 64.5 Å². The van der Waals surface area contributed by atoms with E-state index in [9.17, 15) is 14.7 Å². The average Bonchev–Trinajstić information content (AvgIpc) is 2.82. The number of nitrogens with zero attached hydrogens (tertiary/aromatic N) is 1. The monoisotopic (exact) mass is 431 g/mol. The van der Waals surface area contributed by atoms with Gasteiger partial charge in [0.15, 0.2) is 0 Å². The van der Waals surface area contributed by atoms with Crippen molar-refractivity contribution in [1.82, 2.24) is 10.2 Å². The number of carbonyl (C=O) groups is 2. The molecule has 7 nitrogen and oxygen atoms in total. The smallest absolute Gasteiger partial charge is 0.227 e. The fraction of sp³-hybridized carbons (Fsp3) is 0.667. The van der Waals surface area contributed by atoms with Crippen LogP contribution in [0.4, 0.5) is 5.69 Å². The Balaban J connectivity index is 1.85. The first-order chi connectivity index (χ1) is 14.9. The number of aliphatic hydroxyl groups excluding tert-OH is 1. The number of nitrogens with one attached hydrogen (secondary N) is 2. The molecule has 0 spiro atoms. The van der Waals surface area contributed by atoms with E-state index in [0.717, 1.165) is 31.2 Å². The standard InChI is InChI=1S/C24H37N3O4/c1-16-14-27(17(2)15-28)23(29)12-19-11-20(9-10-21(19)31-22(16)13-25-3)26-24(30)18-7-5-4-6-8-18/h9-11,16-18,22,25,28H,4-8,12-15H2,1-3H3,(H,26,30)/t16-,17+,22-/m1/s1. The molecule has 1 aliphatic carbocycles. The largest absolute Gasteiger partial charge is 0.488 e. The van der Waals surface area contributed by atoms with E-state index in [-0.39, 0.29) is 48.8 Å². The number of carbonyl (C=O) groups excluding carboxylic acids is 2. The minimum atomic E-state index is -0.263. The summed E-state index contributed by atoms with van der Waals surface area (Å²) in [4.78, 5) is 27.6. The molecule has 0 radical (unpaired) electrons. The molecule has 3 N–H and O–H groups in total. The normalized spacial score (nSPS) is 23.7. The molecule has 172 valence electrons. The van der Waals surface area contributed by atoms with Crippen molar-refractivity contribution in [3.05, 3.63) is 23.8 Å². The third kappa shape index (κ3) is 5.98. The second-order valence-electron chi connectivity index (χ2n) is 9.09. The van der Waals surface area contributed by atoms with Crippen molar-refractivity contribution in [3.63, 3.8) is 0 Å². The Morgan fingerprint density at radius 2 is 2.03 bits per heavy atom. The van der Waals surface area contributed by atoms with E-state index in [1.165, 1.54) is 6.42 Å². The van der Waals surface area contributed by atoms with E-state index in [1.807, 2.05) is 32.2 Å². The number of aliphatic hydroxyl groups is 1. The van der Waals surface area contributed by atoms with Gasteiger partial charge in [-0.05, 0) is 45.0 Å². The molecule has 2 amide bonds. The lowest BCUT2D eigenvalue weighted by atomic mass is 9.88. The molecular weight excluding hydrogens is 394 g/mol. The maximum absolute atomic E-state index is 13.1. The van der Waals surface area contributed by atoms with Gasteiger partial charge in [-0.25, -0.2) is 0 Å². The van der Waals surface area contributed by atoms with Gasteiger partial charge < -0.3 is 25.4 Å². The molecule has 1 fully saturated rings. The van der Waals surface area contributed by atoms with E-state index in [0.29, 0.717) is 24.5 Å². The molecular formula is C24H37N3O4. The Morgan fingerprint density at radius 3 is 2.71 bits per heavy atom. The Kier molecular flexibility index (Phi) is 8.32. The van der Waals surface area contributed by atoms with Crippen LogP contribution >= 0.6 is 0 Å². The van der Waals surface area contributed by atoms with Crippen LogP contribution in [0.1, 0.15) is 51.5 Å². The number of ether oxygens (including phenoxy) is 1. The van der Waals surface area contributed by atoms with E-state index < -0.39 is 0 Å². The summed E-state index contributed by atoms with van der Waals surface area (Å²) in [7, 11) is 1.88. The summed E-state index contributed by atoms with van der Waals surface area (Å²) in [5.41, 5.74) is 1.46. The summed E-state index contributed by atoms with van der Waals surface area (Å²) < 4.78 is 6.34. The molecule has 0 aromatic heterocycles. The number of hydrogen-bond donors (Lipinski definition) is 3. The molecule has 3 rings (SSSR count). The molecule has 3 atom stereocenters. The minimum Gasteiger partial charge on any atom is -0.488 e. The summed E-state index contributed by atoms with van der Waals surface area (Å²) in [5.74, 6) is 0.849. The highest BCUT2D eigenvalue weighted by Crippen LogP contribution is 2.30. The number of hydrogen-bond acceptors (Lipinski definition) is 5. The van der Waals surface area contributed by atoms with Crippen molar-refractivity contribution in [1.29, 1.82) is 0 Å². The second-order valence-corrected chi connectivity index (χ2v) is 9.09. The zero-order valence-electron chi connectivity index (χ0n) is 19.0. The predicted octanol–water partition coefficient (Wildman–Crippen LogP) is 2.57. The van der Waals surface area contributed by atoms with E-state index in [2.05, 4.69) is 17.6 Å². The Hall–Kier alpha value is -2.12. The fourth-order valence-corrected chi connectivity index (χ4v) is 4.56. The summed E-state index contributed by atoms with van der Waals surface area (Å²) in [6, 6.07) is 5.32. The zero-order chi connectivity index (χ0) is 22.4. The summed E-state index contributed by atoms with van der Waals surface area (Å²) >= 11 is 0. The highest BCUT2D eigenvalue weighted by atomic mass is 16.5. The van der Waals surface area contributed by atoms with Gasteiger partial charge >= 0.3 is 0 Å². The number of amides is 2. The van der Waals surface area contributed by atoms with Gasteiger partial charge in [-0.15, -0.1) is 0 Å². The lowest BCUT2D eigenvalue weighted by molar-refractivity contribution is -0.134. The minimum absolute atomic E-state index is 0.0425. The molecule has 0 bridgehead atoms. The summed E-state index contributed by atoms with van der Waals surface area (Å²) in [5, 5.41) is 15.9. The van der Waals surface area contributed by atoms with Crippen molar-refractivity contribution in [2.24, 2.45) is 11.8 Å². The number of rotatable bonds is 6. The van der Waals surface area contributed by atoms with Crippen LogP contribution in [0.2, 0.25) is 0 Å². The first-order valence-corrected chi connectivity index (χ1v) is 11.6. The quantitative estimate of drug-likeness (QED) is 0.644. The van der Waals surface area contributed by atoms with Crippen molar-refractivity contribution in [3.8, 4) is 5.75 Å². The van der Waals surface area contributed by atoms with Crippen LogP contribution in [-0.4, -0.2) is 60.7 Å². The molecule has 7 heteroatoms. The lowest BCUT2D eigenvalue weighted by Crippen LogP contribution is -2.47. The number of likely N-dealkylation sites (N-methyl/N-ethyl adjacent to an activating group) is 1. The molecule has 1 heterocycles. The van der Waals surface area contributed by atoms with Crippen molar-refractivity contribution in [2.75, 3.05) is 32.1 Å². The summed E-state index contributed by atoms with van der Waals surface area (Å²) in [6.45, 7) is 5.01. The first-order valence-electron chi connectivity index (χ1n) is 11.6. The highest BCUT2D eigenvalue weighted by molar-refractivity contribution is 5.93. The van der Waals surface area contributed by atoms with Crippen LogP contribution in [0.15, 0.2) is 18.2 Å². The van der Waals surface area contributed by atoms with Gasteiger partial charge in [-0.2, -0.15) is 0 Å². The molecule has 0 unspecified atom stereocenters. The van der Waals surface area contributed by atoms with Gasteiger partial charge in [0.2, 0.25) is 11.8 Å². The third-order valence-electron chi connectivity index (χ3n) is 6.57. The Morgan fingerprint density at radius 1 is 1.29 bits per heavy atom. The Labute approximate surface area is 185 Å². The van der Waals surface area contributed by atoms with E-state index in [4.69, 9.17) is 4.74 Å². The third-order valence-corrected chi connectivity index (χ3v) is 6.57. The van der Waals surface area contributed by atoms with Crippen LogP contribution in [-0.2, 0) is 16.0 Å². The number of benzene rings is 1. The predicted molar refractivity (Wildman–Crippen MR) is 121 cm³/mol. The van der Waals surface area contributed by atoms with Gasteiger partial charge in [-0.3, -0.25) is 9.59 Å². The SMILES string of the molecule is CNC[C@H]1Oc2ccc(NC(=O)C3CCCCC3)cc2CC(=O)N([C@@H](C)CO)C[C@H]1C. The van der Waals surface area contributed by atoms with Crippen LogP contribution in [0.5, 0.6) is 5.75 Å². The molecule has 1 aliphatic heterocycles. The molecule has 1 saturated carbocycles. The van der Waals surface area contributed by atoms with Crippen molar-refractivity contribution < 1.29 is 19.4 Å². The zero-order valence-corrected chi connectivity index (χ0v) is 19.0. The maximum Gasteiger partial charge on any atom is 0.227 e. The summed E-state index contributed by atoms with van der Waals surface area (Å²) in [6.07, 6.45) is 5.35. The number of anilines is 1. The molecule has 1 aromatic carbocycles. The van der Waals surface area contributed by atoms with Crippen LogP contribution in [0.3, 0.4) is 0 Å². The second kappa shape index (κ2) is 11.0. The molecule has 31 heavy (non-hydrogen) atoms. The molecule has 2 aliphatic rings. The van der Waals surface area contributed by atoms with Gasteiger partial charge in [-0.1, -0.05) is 26.2 Å².